The van der Waals surface area contributed by atoms with E-state index in [9.17, 15) is 4.79 Å². The SMILES string of the molecule is CC(C)N(C1=CC(=O)OC1)C(C)C. The summed E-state index contributed by atoms with van der Waals surface area (Å²) in [6.07, 6.45) is 1.58. The number of carbonyl (C=O) groups is 1. The molecule has 0 saturated heterocycles. The van der Waals surface area contributed by atoms with Crippen LogP contribution in [0.2, 0.25) is 0 Å². The van der Waals surface area contributed by atoms with Gasteiger partial charge in [0.2, 0.25) is 0 Å². The molecule has 0 aromatic carbocycles. The van der Waals surface area contributed by atoms with E-state index in [0.29, 0.717) is 18.7 Å². The van der Waals surface area contributed by atoms with E-state index in [1.54, 1.807) is 6.08 Å². The Labute approximate surface area is 79.4 Å². The Balaban J connectivity index is 2.76. The van der Waals surface area contributed by atoms with Gasteiger partial charge in [0.15, 0.2) is 0 Å². The zero-order valence-electron chi connectivity index (χ0n) is 8.70. The monoisotopic (exact) mass is 183 g/mol. The van der Waals surface area contributed by atoms with Gasteiger partial charge in [-0.15, -0.1) is 0 Å². The summed E-state index contributed by atoms with van der Waals surface area (Å²) in [5.74, 6) is -0.221. The summed E-state index contributed by atoms with van der Waals surface area (Å²) in [5, 5.41) is 0. The molecule has 1 rings (SSSR count). The molecule has 0 fully saturated rings. The van der Waals surface area contributed by atoms with Crippen molar-refractivity contribution in [2.45, 2.75) is 39.8 Å². The van der Waals surface area contributed by atoms with Crippen molar-refractivity contribution in [2.24, 2.45) is 0 Å². The lowest BCUT2D eigenvalue weighted by Gasteiger charge is -2.33. The van der Waals surface area contributed by atoms with Gasteiger partial charge in [0.25, 0.3) is 0 Å². The van der Waals surface area contributed by atoms with Crippen molar-refractivity contribution in [3.63, 3.8) is 0 Å². The highest BCUT2D eigenvalue weighted by Crippen LogP contribution is 2.18. The third kappa shape index (κ3) is 2.23. The van der Waals surface area contributed by atoms with Crippen LogP contribution < -0.4 is 0 Å². The summed E-state index contributed by atoms with van der Waals surface area (Å²) < 4.78 is 4.87. The Morgan fingerprint density at radius 3 is 2.15 bits per heavy atom. The van der Waals surface area contributed by atoms with Crippen LogP contribution in [-0.2, 0) is 9.53 Å². The largest absolute Gasteiger partial charge is 0.456 e. The molecule has 0 radical (unpaired) electrons. The average molecular weight is 183 g/mol. The number of hydrogen-bond donors (Lipinski definition) is 0. The lowest BCUT2D eigenvalue weighted by atomic mass is 10.2. The van der Waals surface area contributed by atoms with E-state index in [4.69, 9.17) is 4.74 Å². The first-order valence-electron chi connectivity index (χ1n) is 4.68. The maximum Gasteiger partial charge on any atom is 0.333 e. The topological polar surface area (TPSA) is 29.5 Å². The highest BCUT2D eigenvalue weighted by molar-refractivity contribution is 5.85. The van der Waals surface area contributed by atoms with Crippen LogP contribution >= 0.6 is 0 Å². The first kappa shape index (κ1) is 10.1. The van der Waals surface area contributed by atoms with Crippen LogP contribution in [0, 0.1) is 0 Å². The molecule has 0 atom stereocenters. The summed E-state index contributed by atoms with van der Waals surface area (Å²) in [6.45, 7) is 8.88. The number of rotatable bonds is 3. The van der Waals surface area contributed by atoms with Crippen molar-refractivity contribution in [2.75, 3.05) is 6.61 Å². The molecule has 0 aromatic heterocycles. The lowest BCUT2D eigenvalue weighted by Crippen LogP contribution is -2.36. The predicted molar refractivity (Wildman–Crippen MR) is 51.2 cm³/mol. The van der Waals surface area contributed by atoms with Crippen LogP contribution in [0.5, 0.6) is 0 Å². The summed E-state index contributed by atoms with van der Waals surface area (Å²) in [6, 6.07) is 0.807. The van der Waals surface area contributed by atoms with Gasteiger partial charge < -0.3 is 9.64 Å². The Morgan fingerprint density at radius 1 is 1.31 bits per heavy atom. The number of ether oxygens (including phenoxy) is 1. The molecule has 0 saturated carbocycles. The highest BCUT2D eigenvalue weighted by Gasteiger charge is 2.22. The molecule has 74 valence electrons. The summed E-state index contributed by atoms with van der Waals surface area (Å²) in [7, 11) is 0. The Morgan fingerprint density at radius 2 is 1.85 bits per heavy atom. The Bertz CT molecular complexity index is 223. The summed E-state index contributed by atoms with van der Waals surface area (Å²) in [5.41, 5.74) is 0.995. The fourth-order valence-electron chi connectivity index (χ4n) is 1.77. The summed E-state index contributed by atoms with van der Waals surface area (Å²) >= 11 is 0. The molecule has 0 bridgehead atoms. The van der Waals surface area contributed by atoms with Crippen molar-refractivity contribution in [1.29, 1.82) is 0 Å². The molecule has 0 amide bonds. The van der Waals surface area contributed by atoms with Crippen LogP contribution in [0.1, 0.15) is 27.7 Å². The van der Waals surface area contributed by atoms with Crippen molar-refractivity contribution in [3.05, 3.63) is 11.8 Å². The Kier molecular flexibility index (Phi) is 2.96. The molecule has 0 aliphatic carbocycles. The second-order valence-corrected chi connectivity index (χ2v) is 3.84. The van der Waals surface area contributed by atoms with E-state index in [1.165, 1.54) is 0 Å². The third-order valence-corrected chi connectivity index (χ3v) is 2.09. The molecule has 1 aliphatic heterocycles. The van der Waals surface area contributed by atoms with Gasteiger partial charge in [0, 0.05) is 18.2 Å². The zero-order chi connectivity index (χ0) is 10.0. The van der Waals surface area contributed by atoms with Gasteiger partial charge in [-0.1, -0.05) is 0 Å². The molecule has 1 aliphatic rings. The molecule has 0 aromatic rings. The number of nitrogens with zero attached hydrogens (tertiary/aromatic N) is 1. The molecule has 3 nitrogen and oxygen atoms in total. The minimum Gasteiger partial charge on any atom is -0.456 e. The quantitative estimate of drug-likeness (QED) is 0.622. The van der Waals surface area contributed by atoms with Gasteiger partial charge in [-0.05, 0) is 27.7 Å². The van der Waals surface area contributed by atoms with Crippen molar-refractivity contribution in [1.82, 2.24) is 4.90 Å². The normalized spacial score (nSPS) is 16.5. The molecule has 0 spiro atoms. The van der Waals surface area contributed by atoms with E-state index in [2.05, 4.69) is 32.6 Å². The van der Waals surface area contributed by atoms with Crippen LogP contribution in [0.3, 0.4) is 0 Å². The first-order chi connectivity index (χ1) is 6.02. The average Bonchev–Trinajstić information content (AvgIpc) is 2.34. The van der Waals surface area contributed by atoms with Crippen molar-refractivity contribution < 1.29 is 9.53 Å². The third-order valence-electron chi connectivity index (χ3n) is 2.09. The van der Waals surface area contributed by atoms with Gasteiger partial charge >= 0.3 is 5.97 Å². The highest BCUT2D eigenvalue weighted by atomic mass is 16.5. The standard InChI is InChI=1S/C10H17NO2/c1-7(2)11(8(3)4)9-5-10(12)13-6-9/h5,7-8H,6H2,1-4H3. The van der Waals surface area contributed by atoms with Crippen LogP contribution in [-0.4, -0.2) is 29.6 Å². The predicted octanol–water partition coefficient (Wildman–Crippen LogP) is 1.55. The fourth-order valence-corrected chi connectivity index (χ4v) is 1.77. The van der Waals surface area contributed by atoms with Gasteiger partial charge in [-0.3, -0.25) is 0 Å². The molecular formula is C10H17NO2. The minimum absolute atomic E-state index is 0.221. The van der Waals surface area contributed by atoms with Gasteiger partial charge in [-0.25, -0.2) is 4.79 Å². The van der Waals surface area contributed by atoms with E-state index in [0.717, 1.165) is 5.70 Å². The number of esters is 1. The minimum atomic E-state index is -0.221. The van der Waals surface area contributed by atoms with E-state index < -0.39 is 0 Å². The van der Waals surface area contributed by atoms with Crippen molar-refractivity contribution in [3.8, 4) is 0 Å². The van der Waals surface area contributed by atoms with Gasteiger partial charge in [-0.2, -0.15) is 0 Å². The second kappa shape index (κ2) is 3.81. The molecule has 13 heavy (non-hydrogen) atoms. The van der Waals surface area contributed by atoms with Crippen LogP contribution in [0.4, 0.5) is 0 Å². The zero-order valence-corrected chi connectivity index (χ0v) is 8.70. The smallest absolute Gasteiger partial charge is 0.333 e. The molecule has 0 N–H and O–H groups in total. The van der Waals surface area contributed by atoms with Crippen molar-refractivity contribution >= 4 is 5.97 Å². The van der Waals surface area contributed by atoms with E-state index >= 15 is 0 Å². The first-order valence-corrected chi connectivity index (χ1v) is 4.68. The van der Waals surface area contributed by atoms with Gasteiger partial charge in [0.05, 0.1) is 5.70 Å². The Hall–Kier alpha value is -0.990. The van der Waals surface area contributed by atoms with Crippen LogP contribution in [0.25, 0.3) is 0 Å². The van der Waals surface area contributed by atoms with Gasteiger partial charge in [0.1, 0.15) is 6.61 Å². The fraction of sp³-hybridized carbons (Fsp3) is 0.700. The second-order valence-electron chi connectivity index (χ2n) is 3.84. The van der Waals surface area contributed by atoms with E-state index in [1.807, 2.05) is 0 Å². The molecule has 3 heteroatoms. The maximum atomic E-state index is 10.9. The number of cyclic esters (lactones) is 1. The number of carbonyl (C=O) groups excluding carboxylic acids is 1. The molecule has 1 heterocycles. The number of hydrogen-bond acceptors (Lipinski definition) is 3. The molecule has 0 unspecified atom stereocenters. The maximum absolute atomic E-state index is 10.9. The van der Waals surface area contributed by atoms with Crippen LogP contribution in [0.15, 0.2) is 11.8 Å². The summed E-state index contributed by atoms with van der Waals surface area (Å²) in [4.78, 5) is 13.1. The lowest BCUT2D eigenvalue weighted by molar-refractivity contribution is -0.135. The molecular weight excluding hydrogens is 166 g/mol. The van der Waals surface area contributed by atoms with E-state index in [-0.39, 0.29) is 5.97 Å².